The lowest BCUT2D eigenvalue weighted by atomic mass is 10.1. The molecule has 0 fully saturated rings. The summed E-state index contributed by atoms with van der Waals surface area (Å²) in [6.45, 7) is 2.15. The van der Waals surface area contributed by atoms with Crippen LogP contribution >= 0.6 is 11.3 Å². The second kappa shape index (κ2) is 3.76. The van der Waals surface area contributed by atoms with Gasteiger partial charge in [0.2, 0.25) is 0 Å². The van der Waals surface area contributed by atoms with Crippen molar-refractivity contribution in [3.63, 3.8) is 0 Å². The highest BCUT2D eigenvalue weighted by molar-refractivity contribution is 7.15. The Bertz CT molecular complexity index is 634. The zero-order chi connectivity index (χ0) is 11.0. The molecule has 0 radical (unpaired) electrons. The topological polar surface area (TPSA) is 0 Å². The lowest BCUT2D eigenvalue weighted by molar-refractivity contribution is 1.64. The smallest absolute Gasteiger partial charge is 0.0345 e. The molecule has 0 atom stereocenters. The number of aryl methyl sites for hydroxylation is 1. The number of fused-ring (bicyclic) bond motifs is 1. The maximum Gasteiger partial charge on any atom is 0.0345 e. The van der Waals surface area contributed by atoms with E-state index in [1.807, 2.05) is 11.3 Å². The average molecular weight is 224 g/mol. The summed E-state index contributed by atoms with van der Waals surface area (Å²) in [7, 11) is 0. The van der Waals surface area contributed by atoms with Crippen LogP contribution in [0.15, 0.2) is 54.6 Å². The van der Waals surface area contributed by atoms with Crippen LogP contribution in [0.25, 0.3) is 21.2 Å². The molecule has 3 rings (SSSR count). The average Bonchev–Trinajstić information content (AvgIpc) is 2.75. The zero-order valence-electron chi connectivity index (χ0n) is 9.10. The Morgan fingerprint density at radius 3 is 2.38 bits per heavy atom. The Hall–Kier alpha value is -1.60. The molecule has 0 spiro atoms. The zero-order valence-corrected chi connectivity index (χ0v) is 9.92. The number of benzene rings is 2. The Morgan fingerprint density at radius 1 is 0.812 bits per heavy atom. The molecule has 2 aromatic carbocycles. The van der Waals surface area contributed by atoms with Gasteiger partial charge in [-0.2, -0.15) is 0 Å². The molecule has 0 aliphatic heterocycles. The fourth-order valence-corrected chi connectivity index (χ4v) is 2.80. The first kappa shape index (κ1) is 9.61. The van der Waals surface area contributed by atoms with Crippen LogP contribution in [0, 0.1) is 6.92 Å². The van der Waals surface area contributed by atoms with Crippen molar-refractivity contribution in [3.8, 4) is 10.4 Å². The minimum Gasteiger partial charge on any atom is -0.141 e. The molecule has 0 unspecified atom stereocenters. The van der Waals surface area contributed by atoms with E-state index in [-0.39, 0.29) is 0 Å². The Labute approximate surface area is 99.2 Å². The summed E-state index contributed by atoms with van der Waals surface area (Å²) in [5, 5.41) is 2.62. The summed E-state index contributed by atoms with van der Waals surface area (Å²) in [6, 6.07) is 19.5. The number of hydrogen-bond donors (Lipinski definition) is 0. The van der Waals surface area contributed by atoms with Gasteiger partial charge in [0.1, 0.15) is 0 Å². The molecule has 0 bridgehead atoms. The fourth-order valence-electron chi connectivity index (χ4n) is 1.93. The van der Waals surface area contributed by atoms with E-state index in [0.29, 0.717) is 0 Å². The summed E-state index contributed by atoms with van der Waals surface area (Å²) in [4.78, 5) is 2.71. The monoisotopic (exact) mass is 224 g/mol. The Morgan fingerprint density at radius 2 is 1.62 bits per heavy atom. The second-order valence-corrected chi connectivity index (χ2v) is 5.26. The molecule has 0 N–H and O–H groups in total. The Kier molecular flexibility index (Phi) is 2.26. The van der Waals surface area contributed by atoms with E-state index < -0.39 is 0 Å². The molecular formula is C15H12S. The van der Waals surface area contributed by atoms with Gasteiger partial charge in [0.25, 0.3) is 0 Å². The molecule has 0 nitrogen and oxygen atoms in total. The first-order valence-electron chi connectivity index (χ1n) is 5.38. The lowest BCUT2D eigenvalue weighted by Crippen LogP contribution is -1.74. The van der Waals surface area contributed by atoms with Crippen molar-refractivity contribution in [1.82, 2.24) is 0 Å². The highest BCUT2D eigenvalue weighted by Gasteiger charge is 2.01. The maximum atomic E-state index is 2.26. The van der Waals surface area contributed by atoms with Gasteiger partial charge in [-0.15, -0.1) is 11.3 Å². The van der Waals surface area contributed by atoms with Gasteiger partial charge in [-0.1, -0.05) is 36.4 Å². The maximum absolute atomic E-state index is 2.26. The van der Waals surface area contributed by atoms with Crippen LogP contribution in [0.3, 0.4) is 0 Å². The molecule has 0 amide bonds. The Balaban J connectivity index is 2.18. The lowest BCUT2D eigenvalue weighted by Gasteiger charge is -2.01. The summed E-state index contributed by atoms with van der Waals surface area (Å²) in [5.74, 6) is 0. The molecule has 78 valence electrons. The van der Waals surface area contributed by atoms with Gasteiger partial charge in [0, 0.05) is 9.75 Å². The van der Waals surface area contributed by atoms with Gasteiger partial charge in [-0.05, 0) is 41.5 Å². The van der Waals surface area contributed by atoms with Crippen molar-refractivity contribution in [2.24, 2.45) is 0 Å². The minimum atomic E-state index is 1.31. The first-order valence-corrected chi connectivity index (χ1v) is 6.20. The summed E-state index contributed by atoms with van der Waals surface area (Å²) >= 11 is 1.85. The van der Waals surface area contributed by atoms with Crippen molar-refractivity contribution in [3.05, 3.63) is 59.5 Å². The van der Waals surface area contributed by atoms with Crippen molar-refractivity contribution < 1.29 is 0 Å². The van der Waals surface area contributed by atoms with Crippen molar-refractivity contribution in [2.45, 2.75) is 6.92 Å². The summed E-state index contributed by atoms with van der Waals surface area (Å²) < 4.78 is 0. The molecule has 1 heterocycles. The molecule has 0 aliphatic rings. The van der Waals surface area contributed by atoms with Crippen LogP contribution in [-0.4, -0.2) is 0 Å². The highest BCUT2D eigenvalue weighted by Crippen LogP contribution is 2.29. The normalized spacial score (nSPS) is 10.8. The predicted molar refractivity (Wildman–Crippen MR) is 72.0 cm³/mol. The van der Waals surface area contributed by atoms with Crippen molar-refractivity contribution >= 4 is 22.1 Å². The second-order valence-electron chi connectivity index (χ2n) is 3.97. The van der Waals surface area contributed by atoms with Crippen molar-refractivity contribution in [1.29, 1.82) is 0 Å². The van der Waals surface area contributed by atoms with Gasteiger partial charge in [0.05, 0.1) is 0 Å². The van der Waals surface area contributed by atoms with E-state index in [4.69, 9.17) is 0 Å². The van der Waals surface area contributed by atoms with Crippen LogP contribution in [0.1, 0.15) is 4.88 Å². The van der Waals surface area contributed by atoms with Crippen LogP contribution in [-0.2, 0) is 0 Å². The first-order chi connectivity index (χ1) is 7.83. The third-order valence-corrected chi connectivity index (χ3v) is 3.82. The SMILES string of the molecule is Cc1ccc(-c2ccc3ccccc3c2)s1. The molecule has 0 saturated carbocycles. The van der Waals surface area contributed by atoms with Crippen LogP contribution in [0.4, 0.5) is 0 Å². The number of rotatable bonds is 1. The molecular weight excluding hydrogens is 212 g/mol. The summed E-state index contributed by atoms with van der Waals surface area (Å²) in [6.07, 6.45) is 0. The van der Waals surface area contributed by atoms with Gasteiger partial charge >= 0.3 is 0 Å². The molecule has 3 aromatic rings. The fraction of sp³-hybridized carbons (Fsp3) is 0.0667. The molecule has 1 aromatic heterocycles. The molecule has 0 saturated heterocycles. The van der Waals surface area contributed by atoms with Gasteiger partial charge in [-0.3, -0.25) is 0 Å². The van der Waals surface area contributed by atoms with E-state index in [9.17, 15) is 0 Å². The van der Waals surface area contributed by atoms with Gasteiger partial charge < -0.3 is 0 Å². The van der Waals surface area contributed by atoms with Crippen LogP contribution < -0.4 is 0 Å². The van der Waals surface area contributed by atoms with E-state index in [1.54, 1.807) is 0 Å². The van der Waals surface area contributed by atoms with Crippen LogP contribution in [0.2, 0.25) is 0 Å². The highest BCUT2D eigenvalue weighted by atomic mass is 32.1. The molecule has 16 heavy (non-hydrogen) atoms. The standard InChI is InChI=1S/C15H12S/c1-11-6-9-15(16-11)14-8-7-12-4-2-3-5-13(12)10-14/h2-10H,1H3. The van der Waals surface area contributed by atoms with Gasteiger partial charge in [-0.25, -0.2) is 0 Å². The largest absolute Gasteiger partial charge is 0.141 e. The third kappa shape index (κ3) is 1.63. The van der Waals surface area contributed by atoms with E-state index in [0.717, 1.165) is 0 Å². The van der Waals surface area contributed by atoms with Crippen molar-refractivity contribution in [2.75, 3.05) is 0 Å². The minimum absolute atomic E-state index is 1.31. The number of thiophene rings is 1. The molecule has 0 aliphatic carbocycles. The predicted octanol–water partition coefficient (Wildman–Crippen LogP) is 4.88. The summed E-state index contributed by atoms with van der Waals surface area (Å²) in [5.41, 5.74) is 1.32. The van der Waals surface area contributed by atoms with E-state index >= 15 is 0 Å². The van der Waals surface area contributed by atoms with Crippen LogP contribution in [0.5, 0.6) is 0 Å². The van der Waals surface area contributed by atoms with E-state index in [1.165, 1.54) is 26.1 Å². The quantitative estimate of drug-likeness (QED) is 0.553. The number of hydrogen-bond acceptors (Lipinski definition) is 1. The van der Waals surface area contributed by atoms with Gasteiger partial charge in [0.15, 0.2) is 0 Å². The third-order valence-electron chi connectivity index (χ3n) is 2.77. The molecule has 1 heteroatoms. The van der Waals surface area contributed by atoms with E-state index in [2.05, 4.69) is 61.5 Å².